The van der Waals surface area contributed by atoms with E-state index in [1.807, 2.05) is 13.8 Å². The molecule has 0 bridgehead atoms. The molecule has 0 N–H and O–H groups in total. The fourth-order valence-corrected chi connectivity index (χ4v) is 3.56. The third kappa shape index (κ3) is 10.2. The van der Waals surface area contributed by atoms with Gasteiger partial charge in [-0.3, -0.25) is 4.79 Å². The fraction of sp³-hybridized carbons (Fsp3) is 0.913. The van der Waals surface area contributed by atoms with Crippen LogP contribution in [-0.2, 0) is 19.1 Å². The van der Waals surface area contributed by atoms with E-state index in [1.165, 1.54) is 19.3 Å². The van der Waals surface area contributed by atoms with Gasteiger partial charge < -0.3 is 9.47 Å². The molecule has 0 aliphatic rings. The quantitative estimate of drug-likeness (QED) is 0.245. The number of unbranched alkanes of at least 4 members (excludes halogenated alkanes) is 5. The summed E-state index contributed by atoms with van der Waals surface area (Å²) < 4.78 is 10.9. The number of carbonyl (C=O) groups excluding carboxylic acids is 2. The molecule has 0 fully saturated rings. The summed E-state index contributed by atoms with van der Waals surface area (Å²) >= 11 is 0. The first kappa shape index (κ1) is 25.9. The average molecular weight is 385 g/mol. The van der Waals surface area contributed by atoms with Gasteiger partial charge in [0.15, 0.2) is 6.10 Å². The standard InChI is InChI=1S/C23H44O4/c1-8-11-12-13-14-15-16-20(21(24)26-10-3)27-22(25)23(6,7)19(9-2)17-18(4)5/h18-20H,8-17H2,1-7H3. The van der Waals surface area contributed by atoms with Crippen molar-refractivity contribution in [3.8, 4) is 0 Å². The van der Waals surface area contributed by atoms with Gasteiger partial charge in [0, 0.05) is 0 Å². The van der Waals surface area contributed by atoms with Gasteiger partial charge in [0.2, 0.25) is 0 Å². The number of hydrogen-bond acceptors (Lipinski definition) is 4. The maximum absolute atomic E-state index is 12.9. The summed E-state index contributed by atoms with van der Waals surface area (Å²) in [6.45, 7) is 14.6. The van der Waals surface area contributed by atoms with E-state index in [2.05, 4.69) is 27.7 Å². The molecule has 0 aliphatic carbocycles. The summed E-state index contributed by atoms with van der Waals surface area (Å²) in [6, 6.07) is 0. The second-order valence-corrected chi connectivity index (χ2v) is 8.66. The first-order valence-corrected chi connectivity index (χ1v) is 11.1. The third-order valence-corrected chi connectivity index (χ3v) is 5.41. The van der Waals surface area contributed by atoms with Gasteiger partial charge in [-0.2, -0.15) is 0 Å². The molecule has 160 valence electrons. The van der Waals surface area contributed by atoms with Crippen LogP contribution in [0, 0.1) is 17.3 Å². The molecule has 0 heterocycles. The van der Waals surface area contributed by atoms with Gasteiger partial charge in [0.05, 0.1) is 12.0 Å². The largest absolute Gasteiger partial charge is 0.463 e. The molecule has 0 amide bonds. The highest BCUT2D eigenvalue weighted by molar-refractivity contribution is 5.82. The Bertz CT molecular complexity index is 415. The molecule has 2 atom stereocenters. The number of esters is 2. The van der Waals surface area contributed by atoms with Crippen molar-refractivity contribution in [2.75, 3.05) is 6.61 Å². The monoisotopic (exact) mass is 384 g/mol. The molecule has 0 aromatic rings. The van der Waals surface area contributed by atoms with Gasteiger partial charge in [0.25, 0.3) is 0 Å². The molecule has 0 aromatic heterocycles. The Balaban J connectivity index is 4.86. The van der Waals surface area contributed by atoms with Gasteiger partial charge in [-0.1, -0.05) is 66.2 Å². The van der Waals surface area contributed by atoms with Crippen LogP contribution in [-0.4, -0.2) is 24.6 Å². The summed E-state index contributed by atoms with van der Waals surface area (Å²) in [6.07, 6.45) is 8.45. The smallest absolute Gasteiger partial charge is 0.347 e. The Morgan fingerprint density at radius 3 is 2.04 bits per heavy atom. The van der Waals surface area contributed by atoms with Crippen LogP contribution < -0.4 is 0 Å². The lowest BCUT2D eigenvalue weighted by atomic mass is 9.73. The molecule has 0 saturated heterocycles. The van der Waals surface area contributed by atoms with Crippen molar-refractivity contribution >= 4 is 11.9 Å². The average Bonchev–Trinajstić information content (AvgIpc) is 2.61. The SMILES string of the molecule is CCCCCCCCC(OC(=O)C(C)(C)C(CC)CC(C)C)C(=O)OCC. The van der Waals surface area contributed by atoms with Crippen molar-refractivity contribution < 1.29 is 19.1 Å². The highest BCUT2D eigenvalue weighted by Crippen LogP contribution is 2.36. The lowest BCUT2D eigenvalue weighted by molar-refractivity contribution is -0.176. The van der Waals surface area contributed by atoms with Crippen molar-refractivity contribution in [2.45, 2.75) is 112 Å². The molecule has 2 unspecified atom stereocenters. The Morgan fingerprint density at radius 1 is 0.926 bits per heavy atom. The van der Waals surface area contributed by atoms with E-state index < -0.39 is 17.5 Å². The number of hydrogen-bond donors (Lipinski definition) is 0. The molecule has 0 aliphatic heterocycles. The van der Waals surface area contributed by atoms with E-state index in [9.17, 15) is 9.59 Å². The van der Waals surface area contributed by atoms with Crippen molar-refractivity contribution in [1.82, 2.24) is 0 Å². The first-order valence-electron chi connectivity index (χ1n) is 11.1. The zero-order chi connectivity index (χ0) is 20.9. The van der Waals surface area contributed by atoms with Crippen LogP contribution in [0.4, 0.5) is 0 Å². The third-order valence-electron chi connectivity index (χ3n) is 5.41. The number of carbonyl (C=O) groups is 2. The van der Waals surface area contributed by atoms with Gasteiger partial charge in [0.1, 0.15) is 0 Å². The van der Waals surface area contributed by atoms with Gasteiger partial charge in [-0.05, 0) is 51.9 Å². The van der Waals surface area contributed by atoms with Crippen LogP contribution >= 0.6 is 0 Å². The van der Waals surface area contributed by atoms with Crippen molar-refractivity contribution in [3.63, 3.8) is 0 Å². The Labute approximate surface area is 167 Å². The molecule has 0 rings (SSSR count). The number of rotatable bonds is 15. The molecule has 4 heteroatoms. The summed E-state index contributed by atoms with van der Waals surface area (Å²) in [4.78, 5) is 25.2. The van der Waals surface area contributed by atoms with Crippen LogP contribution in [0.15, 0.2) is 0 Å². The van der Waals surface area contributed by atoms with E-state index in [-0.39, 0.29) is 11.9 Å². The normalized spacial score (nSPS) is 14.1. The zero-order valence-electron chi connectivity index (χ0n) is 18.9. The van der Waals surface area contributed by atoms with Crippen molar-refractivity contribution in [1.29, 1.82) is 0 Å². The second kappa shape index (κ2) is 14.0. The van der Waals surface area contributed by atoms with Crippen LogP contribution in [0.3, 0.4) is 0 Å². The minimum Gasteiger partial charge on any atom is -0.463 e. The Hall–Kier alpha value is -1.06. The second-order valence-electron chi connectivity index (χ2n) is 8.66. The van der Waals surface area contributed by atoms with Crippen LogP contribution in [0.1, 0.15) is 106 Å². The Kier molecular flexibility index (Phi) is 13.5. The minimum absolute atomic E-state index is 0.238. The van der Waals surface area contributed by atoms with Gasteiger partial charge in [-0.15, -0.1) is 0 Å². The van der Waals surface area contributed by atoms with Crippen LogP contribution in [0.2, 0.25) is 0 Å². The molecule has 4 nitrogen and oxygen atoms in total. The molecule has 0 saturated carbocycles. The maximum atomic E-state index is 12.9. The fourth-order valence-electron chi connectivity index (χ4n) is 3.56. The molecule has 0 radical (unpaired) electrons. The van der Waals surface area contributed by atoms with Crippen molar-refractivity contribution in [3.05, 3.63) is 0 Å². The summed E-state index contributed by atoms with van der Waals surface area (Å²) in [5.41, 5.74) is -0.606. The predicted octanol–water partition coefficient (Wildman–Crippen LogP) is 6.31. The molecule has 0 spiro atoms. The minimum atomic E-state index is -0.778. The molecule has 0 aromatic carbocycles. The van der Waals surface area contributed by atoms with E-state index in [1.54, 1.807) is 6.92 Å². The lowest BCUT2D eigenvalue weighted by Gasteiger charge is -2.33. The molecule has 27 heavy (non-hydrogen) atoms. The van der Waals surface area contributed by atoms with E-state index in [0.717, 1.165) is 32.1 Å². The van der Waals surface area contributed by atoms with Crippen LogP contribution in [0.25, 0.3) is 0 Å². The first-order chi connectivity index (χ1) is 12.7. The van der Waals surface area contributed by atoms with Gasteiger partial charge in [-0.25, -0.2) is 4.79 Å². The lowest BCUT2D eigenvalue weighted by Crippen LogP contribution is -2.39. The summed E-state index contributed by atoms with van der Waals surface area (Å²) in [5.74, 6) is 0.0686. The zero-order valence-corrected chi connectivity index (χ0v) is 18.9. The molecular formula is C23H44O4. The highest BCUT2D eigenvalue weighted by Gasteiger charge is 2.39. The van der Waals surface area contributed by atoms with E-state index >= 15 is 0 Å². The van der Waals surface area contributed by atoms with Crippen molar-refractivity contribution in [2.24, 2.45) is 17.3 Å². The van der Waals surface area contributed by atoms with E-state index in [0.29, 0.717) is 18.9 Å². The topological polar surface area (TPSA) is 52.6 Å². The maximum Gasteiger partial charge on any atom is 0.347 e. The van der Waals surface area contributed by atoms with Gasteiger partial charge >= 0.3 is 11.9 Å². The highest BCUT2D eigenvalue weighted by atomic mass is 16.6. The Morgan fingerprint density at radius 2 is 1.52 bits per heavy atom. The van der Waals surface area contributed by atoms with Crippen LogP contribution in [0.5, 0.6) is 0 Å². The number of ether oxygens (including phenoxy) is 2. The molecular weight excluding hydrogens is 340 g/mol. The predicted molar refractivity (Wildman–Crippen MR) is 112 cm³/mol. The van der Waals surface area contributed by atoms with E-state index in [4.69, 9.17) is 9.47 Å². The summed E-state index contributed by atoms with van der Waals surface area (Å²) in [5, 5.41) is 0. The summed E-state index contributed by atoms with van der Waals surface area (Å²) in [7, 11) is 0.